The average molecular weight is 385 g/mol. The van der Waals surface area contributed by atoms with Crippen molar-refractivity contribution in [1.29, 1.82) is 0 Å². The molecule has 0 atom stereocenters. The number of carbonyl (C=O) groups is 1. The van der Waals surface area contributed by atoms with E-state index >= 15 is 0 Å². The second-order valence-electron chi connectivity index (χ2n) is 5.35. The maximum Gasteiger partial charge on any atom is 0.276 e. The summed E-state index contributed by atoms with van der Waals surface area (Å²) in [5.41, 5.74) is 1.12. The molecule has 1 fully saturated rings. The number of nitrogens with one attached hydrogen (secondary N) is 1. The number of halogens is 1. The number of phenolic OH excluding ortho intramolecular Hbond substituents is 1. The number of hydrogen-bond acceptors (Lipinski definition) is 4. The van der Waals surface area contributed by atoms with E-state index in [1.54, 1.807) is 23.1 Å². The molecule has 22 heavy (non-hydrogen) atoms. The highest BCUT2D eigenvalue weighted by molar-refractivity contribution is 9.10. The number of phenols is 1. The Balaban J connectivity index is 2.33. The van der Waals surface area contributed by atoms with Gasteiger partial charge >= 0.3 is 0 Å². The molecule has 1 aliphatic heterocycles. The first kappa shape index (κ1) is 16.8. The third-order valence-corrected chi connectivity index (χ3v) is 4.02. The van der Waals surface area contributed by atoms with Gasteiger partial charge in [0.15, 0.2) is 16.6 Å². The van der Waals surface area contributed by atoms with Crippen LogP contribution in [0.1, 0.15) is 19.4 Å². The topological polar surface area (TPSA) is 61.8 Å². The van der Waals surface area contributed by atoms with Gasteiger partial charge in [0.1, 0.15) is 5.70 Å². The lowest BCUT2D eigenvalue weighted by Gasteiger charge is -2.16. The van der Waals surface area contributed by atoms with E-state index in [-0.39, 0.29) is 11.7 Å². The van der Waals surface area contributed by atoms with Gasteiger partial charge in [-0.05, 0) is 57.8 Å². The monoisotopic (exact) mass is 384 g/mol. The molecule has 1 amide bonds. The number of carbonyl (C=O) groups excluding carboxylic acids is 1. The van der Waals surface area contributed by atoms with Gasteiger partial charge in [-0.1, -0.05) is 13.8 Å². The summed E-state index contributed by atoms with van der Waals surface area (Å²) < 4.78 is 5.59. The Morgan fingerprint density at radius 1 is 1.50 bits per heavy atom. The van der Waals surface area contributed by atoms with Crippen LogP contribution in [0.25, 0.3) is 6.08 Å². The second kappa shape index (κ2) is 6.66. The smallest absolute Gasteiger partial charge is 0.276 e. The summed E-state index contributed by atoms with van der Waals surface area (Å²) in [6.07, 6.45) is 1.68. The van der Waals surface area contributed by atoms with Gasteiger partial charge in [-0.25, -0.2) is 0 Å². The third kappa shape index (κ3) is 3.41. The van der Waals surface area contributed by atoms with Crippen LogP contribution in [0.3, 0.4) is 0 Å². The van der Waals surface area contributed by atoms with Crippen LogP contribution in [0.2, 0.25) is 0 Å². The molecule has 1 aromatic rings. The molecule has 0 spiro atoms. The summed E-state index contributed by atoms with van der Waals surface area (Å²) >= 11 is 8.46. The number of aromatic hydroxyl groups is 1. The summed E-state index contributed by atoms with van der Waals surface area (Å²) in [5, 5.41) is 13.2. The summed E-state index contributed by atoms with van der Waals surface area (Å²) in [6.45, 7) is 4.63. The van der Waals surface area contributed by atoms with Crippen molar-refractivity contribution in [2.75, 3.05) is 13.7 Å². The summed E-state index contributed by atoms with van der Waals surface area (Å²) in [4.78, 5) is 13.9. The first-order chi connectivity index (χ1) is 10.3. The standard InChI is InChI=1S/C15H17BrN2O3S/c1-8(2)7-18-14(20)11(17-15(18)22)5-9-4-10(16)13(19)12(6-9)21-3/h4-6,8,19H,7H2,1-3H3,(H,17,22)/b11-5-. The van der Waals surface area contributed by atoms with Gasteiger partial charge in [-0.2, -0.15) is 0 Å². The van der Waals surface area contributed by atoms with Crippen molar-refractivity contribution in [1.82, 2.24) is 10.2 Å². The summed E-state index contributed by atoms with van der Waals surface area (Å²) in [7, 11) is 1.47. The highest BCUT2D eigenvalue weighted by atomic mass is 79.9. The Labute approximate surface area is 143 Å². The molecule has 0 saturated carbocycles. The molecular formula is C15H17BrN2O3S. The Hall–Kier alpha value is -1.60. The fourth-order valence-corrected chi connectivity index (χ4v) is 2.83. The molecule has 0 unspecified atom stereocenters. The van der Waals surface area contributed by atoms with E-state index in [1.165, 1.54) is 7.11 Å². The Morgan fingerprint density at radius 2 is 2.18 bits per heavy atom. The van der Waals surface area contributed by atoms with Crippen LogP contribution in [-0.2, 0) is 4.79 Å². The summed E-state index contributed by atoms with van der Waals surface area (Å²) in [5.74, 6) is 0.522. The van der Waals surface area contributed by atoms with Crippen LogP contribution in [-0.4, -0.2) is 34.7 Å². The molecule has 0 radical (unpaired) electrons. The van der Waals surface area contributed by atoms with Gasteiger partial charge in [0, 0.05) is 6.54 Å². The Morgan fingerprint density at radius 3 is 2.77 bits per heavy atom. The van der Waals surface area contributed by atoms with Gasteiger partial charge < -0.3 is 15.2 Å². The first-order valence-electron chi connectivity index (χ1n) is 6.74. The van der Waals surface area contributed by atoms with E-state index in [4.69, 9.17) is 17.0 Å². The molecule has 5 nitrogen and oxygen atoms in total. The van der Waals surface area contributed by atoms with E-state index in [0.717, 1.165) is 0 Å². The largest absolute Gasteiger partial charge is 0.503 e. The minimum Gasteiger partial charge on any atom is -0.503 e. The number of rotatable bonds is 4. The van der Waals surface area contributed by atoms with Crippen molar-refractivity contribution in [2.45, 2.75) is 13.8 Å². The molecule has 1 aliphatic rings. The van der Waals surface area contributed by atoms with Crippen molar-refractivity contribution in [3.05, 3.63) is 27.9 Å². The highest BCUT2D eigenvalue weighted by Crippen LogP contribution is 2.35. The molecule has 7 heteroatoms. The van der Waals surface area contributed by atoms with Crippen LogP contribution < -0.4 is 10.1 Å². The van der Waals surface area contributed by atoms with Crippen LogP contribution in [0.15, 0.2) is 22.3 Å². The van der Waals surface area contributed by atoms with Gasteiger partial charge in [-0.3, -0.25) is 9.69 Å². The fourth-order valence-electron chi connectivity index (χ4n) is 2.10. The molecule has 0 aliphatic carbocycles. The number of thiocarbonyl (C=S) groups is 1. The lowest BCUT2D eigenvalue weighted by Crippen LogP contribution is -2.33. The fraction of sp³-hybridized carbons (Fsp3) is 0.333. The predicted molar refractivity (Wildman–Crippen MR) is 92.6 cm³/mol. The molecule has 118 valence electrons. The molecule has 2 N–H and O–H groups in total. The SMILES string of the molecule is COc1cc(/C=C2\NC(=S)N(CC(C)C)C2=O)cc(Br)c1O. The zero-order valence-corrected chi connectivity index (χ0v) is 14.9. The second-order valence-corrected chi connectivity index (χ2v) is 6.59. The number of amides is 1. The summed E-state index contributed by atoms with van der Waals surface area (Å²) in [6, 6.07) is 3.35. The molecule has 0 bridgehead atoms. The number of hydrogen-bond donors (Lipinski definition) is 2. The first-order valence-corrected chi connectivity index (χ1v) is 7.94. The maximum atomic E-state index is 12.4. The van der Waals surface area contributed by atoms with Crippen molar-refractivity contribution in [3.63, 3.8) is 0 Å². The van der Waals surface area contributed by atoms with Gasteiger partial charge in [0.2, 0.25) is 0 Å². The highest BCUT2D eigenvalue weighted by Gasteiger charge is 2.30. The number of methoxy groups -OCH3 is 1. The maximum absolute atomic E-state index is 12.4. The third-order valence-electron chi connectivity index (χ3n) is 3.09. The Bertz CT molecular complexity index is 658. The molecule has 2 rings (SSSR count). The van der Waals surface area contributed by atoms with Crippen molar-refractivity contribution >= 4 is 45.2 Å². The van der Waals surface area contributed by atoms with Crippen molar-refractivity contribution < 1.29 is 14.6 Å². The molecule has 1 aromatic carbocycles. The van der Waals surface area contributed by atoms with Gasteiger partial charge in [0.05, 0.1) is 11.6 Å². The zero-order valence-electron chi connectivity index (χ0n) is 12.5. The predicted octanol–water partition coefficient (Wildman–Crippen LogP) is 2.88. The Kier molecular flexibility index (Phi) is 5.08. The molecule has 1 saturated heterocycles. The average Bonchev–Trinajstić information content (AvgIpc) is 2.70. The van der Waals surface area contributed by atoms with Crippen LogP contribution >= 0.6 is 28.1 Å². The molecule has 0 aromatic heterocycles. The number of ether oxygens (including phenoxy) is 1. The van der Waals surface area contributed by atoms with E-state index in [1.807, 2.05) is 13.8 Å². The van der Waals surface area contributed by atoms with Crippen molar-refractivity contribution in [2.24, 2.45) is 5.92 Å². The number of nitrogens with zero attached hydrogens (tertiary/aromatic N) is 1. The lowest BCUT2D eigenvalue weighted by molar-refractivity contribution is -0.122. The van der Waals surface area contributed by atoms with E-state index in [9.17, 15) is 9.90 Å². The van der Waals surface area contributed by atoms with Crippen LogP contribution in [0, 0.1) is 5.92 Å². The van der Waals surface area contributed by atoms with Crippen molar-refractivity contribution in [3.8, 4) is 11.5 Å². The van der Waals surface area contributed by atoms with E-state index < -0.39 is 0 Å². The van der Waals surface area contributed by atoms with Crippen LogP contribution in [0.4, 0.5) is 0 Å². The minimum absolute atomic E-state index is 0.0207. The minimum atomic E-state index is -0.151. The zero-order chi connectivity index (χ0) is 16.4. The number of benzene rings is 1. The van der Waals surface area contributed by atoms with Crippen LogP contribution in [0.5, 0.6) is 11.5 Å². The lowest BCUT2D eigenvalue weighted by atomic mass is 10.1. The quantitative estimate of drug-likeness (QED) is 0.617. The van der Waals surface area contributed by atoms with E-state index in [2.05, 4.69) is 21.2 Å². The van der Waals surface area contributed by atoms with Gasteiger partial charge in [-0.15, -0.1) is 0 Å². The normalized spacial score (nSPS) is 16.6. The van der Waals surface area contributed by atoms with Gasteiger partial charge in [0.25, 0.3) is 5.91 Å². The van der Waals surface area contributed by atoms with E-state index in [0.29, 0.717) is 39.1 Å². The molecule has 1 heterocycles. The molecular weight excluding hydrogens is 368 g/mol.